The zero-order valence-electron chi connectivity index (χ0n) is 14.0. The number of carbonyl (C=O) groups is 1. The molecule has 2 heterocycles. The number of benzene rings is 1. The molecule has 1 fully saturated rings. The minimum Gasteiger partial charge on any atom is -0.464 e. The highest BCUT2D eigenvalue weighted by Gasteiger charge is 2.26. The van der Waals surface area contributed by atoms with E-state index in [1.807, 2.05) is 4.90 Å². The van der Waals surface area contributed by atoms with Crippen molar-refractivity contribution in [3.05, 3.63) is 35.1 Å². The third kappa shape index (κ3) is 2.77. The van der Waals surface area contributed by atoms with Crippen LogP contribution in [0.4, 0.5) is 0 Å². The molecule has 0 aliphatic carbocycles. The fourth-order valence-corrected chi connectivity index (χ4v) is 3.67. The maximum atomic E-state index is 12.6. The van der Waals surface area contributed by atoms with Gasteiger partial charge in [0.1, 0.15) is 5.58 Å². The molecule has 3 rings (SSSR count). The Bertz CT molecular complexity index is 691. The number of nitrogens with zero attached hydrogens (tertiary/aromatic N) is 1. The Morgan fingerprint density at radius 3 is 2.59 bits per heavy atom. The number of furan rings is 1. The molecule has 1 aromatic carbocycles. The van der Waals surface area contributed by atoms with Crippen molar-refractivity contribution >= 4 is 16.9 Å². The van der Waals surface area contributed by atoms with Crippen LogP contribution in [0.15, 0.2) is 22.8 Å². The number of carbonyl (C=O) groups excluding carboxylic acids is 1. The van der Waals surface area contributed by atoms with Gasteiger partial charge in [-0.2, -0.15) is 0 Å². The molecule has 22 heavy (non-hydrogen) atoms. The van der Waals surface area contributed by atoms with Crippen molar-refractivity contribution in [3.63, 3.8) is 0 Å². The van der Waals surface area contributed by atoms with Crippen molar-refractivity contribution in [1.29, 1.82) is 0 Å². The van der Waals surface area contributed by atoms with Crippen LogP contribution in [0.25, 0.3) is 11.0 Å². The number of aryl methyl sites for hydroxylation is 2. The van der Waals surface area contributed by atoms with Gasteiger partial charge in [0.25, 0.3) is 0 Å². The SMILES string of the molecule is Cc1ccc2c(CC(=O)N3CC(C)CC(C)C3)coc2c1C. The van der Waals surface area contributed by atoms with Crippen LogP contribution in [0.1, 0.15) is 37.0 Å². The lowest BCUT2D eigenvalue weighted by Gasteiger charge is -2.35. The van der Waals surface area contributed by atoms with E-state index in [1.165, 1.54) is 12.0 Å². The van der Waals surface area contributed by atoms with Crippen LogP contribution in [-0.2, 0) is 11.2 Å². The summed E-state index contributed by atoms with van der Waals surface area (Å²) in [6.45, 7) is 10.4. The largest absolute Gasteiger partial charge is 0.464 e. The summed E-state index contributed by atoms with van der Waals surface area (Å²) in [4.78, 5) is 14.7. The molecule has 2 aromatic rings. The molecular weight excluding hydrogens is 274 g/mol. The van der Waals surface area contributed by atoms with E-state index in [2.05, 4.69) is 39.8 Å². The van der Waals surface area contributed by atoms with Crippen molar-refractivity contribution in [2.45, 2.75) is 40.5 Å². The van der Waals surface area contributed by atoms with E-state index in [0.29, 0.717) is 18.3 Å². The van der Waals surface area contributed by atoms with Gasteiger partial charge < -0.3 is 9.32 Å². The lowest BCUT2D eigenvalue weighted by molar-refractivity contribution is -0.133. The quantitative estimate of drug-likeness (QED) is 0.836. The predicted molar refractivity (Wildman–Crippen MR) is 88.9 cm³/mol. The van der Waals surface area contributed by atoms with Gasteiger partial charge in [0.15, 0.2) is 0 Å². The maximum Gasteiger partial charge on any atom is 0.227 e. The minimum atomic E-state index is 0.222. The highest BCUT2D eigenvalue weighted by molar-refractivity contribution is 5.89. The van der Waals surface area contributed by atoms with Crippen LogP contribution >= 0.6 is 0 Å². The Kier molecular flexibility index (Phi) is 3.98. The average molecular weight is 299 g/mol. The first-order valence-electron chi connectivity index (χ1n) is 8.19. The van der Waals surface area contributed by atoms with Crippen LogP contribution in [0.3, 0.4) is 0 Å². The van der Waals surface area contributed by atoms with Gasteiger partial charge in [0.2, 0.25) is 5.91 Å². The molecule has 1 amide bonds. The molecule has 0 bridgehead atoms. The van der Waals surface area contributed by atoms with E-state index in [9.17, 15) is 4.79 Å². The fraction of sp³-hybridized carbons (Fsp3) is 0.526. The molecule has 0 saturated carbocycles. The second-order valence-corrected chi connectivity index (χ2v) is 7.07. The Morgan fingerprint density at radius 2 is 1.91 bits per heavy atom. The molecule has 1 aliphatic rings. The topological polar surface area (TPSA) is 33.5 Å². The molecule has 3 heteroatoms. The zero-order chi connectivity index (χ0) is 15.9. The van der Waals surface area contributed by atoms with Crippen molar-refractivity contribution in [2.75, 3.05) is 13.1 Å². The lowest BCUT2D eigenvalue weighted by Crippen LogP contribution is -2.43. The standard InChI is InChI=1S/C19H25NO2/c1-12-7-13(2)10-20(9-12)18(21)8-16-11-22-19-15(4)14(3)5-6-17(16)19/h5-6,11-13H,7-10H2,1-4H3. The molecule has 1 aliphatic heterocycles. The van der Waals surface area contributed by atoms with Crippen molar-refractivity contribution in [2.24, 2.45) is 11.8 Å². The summed E-state index contributed by atoms with van der Waals surface area (Å²) in [5, 5.41) is 1.08. The zero-order valence-corrected chi connectivity index (χ0v) is 14.0. The van der Waals surface area contributed by atoms with E-state index in [1.54, 1.807) is 6.26 Å². The van der Waals surface area contributed by atoms with Crippen LogP contribution in [-0.4, -0.2) is 23.9 Å². The minimum absolute atomic E-state index is 0.222. The smallest absolute Gasteiger partial charge is 0.227 e. The van der Waals surface area contributed by atoms with Gasteiger partial charge in [0, 0.05) is 24.0 Å². The van der Waals surface area contributed by atoms with E-state index >= 15 is 0 Å². The number of fused-ring (bicyclic) bond motifs is 1. The van der Waals surface area contributed by atoms with E-state index < -0.39 is 0 Å². The highest BCUT2D eigenvalue weighted by Crippen LogP contribution is 2.28. The van der Waals surface area contributed by atoms with Gasteiger partial charge in [-0.3, -0.25) is 4.79 Å². The van der Waals surface area contributed by atoms with E-state index in [-0.39, 0.29) is 5.91 Å². The monoisotopic (exact) mass is 299 g/mol. The van der Waals surface area contributed by atoms with Gasteiger partial charge in [0.05, 0.1) is 12.7 Å². The van der Waals surface area contributed by atoms with Crippen LogP contribution in [0.2, 0.25) is 0 Å². The first-order valence-corrected chi connectivity index (χ1v) is 8.19. The lowest BCUT2D eigenvalue weighted by atomic mass is 9.91. The second kappa shape index (κ2) is 5.79. The van der Waals surface area contributed by atoms with Crippen LogP contribution in [0.5, 0.6) is 0 Å². The fourth-order valence-electron chi connectivity index (χ4n) is 3.67. The Balaban J connectivity index is 1.81. The molecule has 2 unspecified atom stereocenters. The normalized spacial score (nSPS) is 22.3. The third-order valence-corrected chi connectivity index (χ3v) is 4.90. The van der Waals surface area contributed by atoms with Crippen LogP contribution < -0.4 is 0 Å². The van der Waals surface area contributed by atoms with E-state index in [4.69, 9.17) is 4.42 Å². The molecular formula is C19H25NO2. The van der Waals surface area contributed by atoms with Crippen molar-refractivity contribution in [3.8, 4) is 0 Å². The molecule has 0 radical (unpaired) electrons. The average Bonchev–Trinajstić information content (AvgIpc) is 2.85. The second-order valence-electron chi connectivity index (χ2n) is 7.07. The summed E-state index contributed by atoms with van der Waals surface area (Å²) in [5.74, 6) is 1.41. The molecule has 0 spiro atoms. The first kappa shape index (κ1) is 15.1. The number of likely N-dealkylation sites (tertiary alicyclic amines) is 1. The first-order chi connectivity index (χ1) is 10.5. The summed E-state index contributed by atoms with van der Waals surface area (Å²) in [7, 11) is 0. The molecule has 0 N–H and O–H groups in total. The Morgan fingerprint density at radius 1 is 1.23 bits per heavy atom. The summed E-state index contributed by atoms with van der Waals surface area (Å²) in [6, 6.07) is 4.18. The Labute approximate surface area is 132 Å². The van der Waals surface area contributed by atoms with Gasteiger partial charge in [-0.25, -0.2) is 0 Å². The van der Waals surface area contributed by atoms with Crippen molar-refractivity contribution < 1.29 is 9.21 Å². The van der Waals surface area contributed by atoms with Crippen LogP contribution in [0, 0.1) is 25.7 Å². The predicted octanol–water partition coefficient (Wildman–Crippen LogP) is 4.10. The molecule has 1 saturated heterocycles. The number of amides is 1. The number of hydrogen-bond donors (Lipinski definition) is 0. The third-order valence-electron chi connectivity index (χ3n) is 4.90. The van der Waals surface area contributed by atoms with Crippen molar-refractivity contribution in [1.82, 2.24) is 4.90 Å². The van der Waals surface area contributed by atoms with Gasteiger partial charge >= 0.3 is 0 Å². The molecule has 2 atom stereocenters. The molecule has 3 nitrogen and oxygen atoms in total. The highest BCUT2D eigenvalue weighted by atomic mass is 16.3. The number of rotatable bonds is 2. The summed E-state index contributed by atoms with van der Waals surface area (Å²) in [5.41, 5.74) is 4.31. The van der Waals surface area contributed by atoms with Gasteiger partial charge in [-0.1, -0.05) is 26.0 Å². The van der Waals surface area contributed by atoms with E-state index in [0.717, 1.165) is 35.2 Å². The van der Waals surface area contributed by atoms with Gasteiger partial charge in [-0.15, -0.1) is 0 Å². The maximum absolute atomic E-state index is 12.6. The summed E-state index contributed by atoms with van der Waals surface area (Å²) >= 11 is 0. The Hall–Kier alpha value is -1.77. The molecule has 118 valence electrons. The summed E-state index contributed by atoms with van der Waals surface area (Å²) in [6.07, 6.45) is 3.41. The van der Waals surface area contributed by atoms with Gasteiger partial charge in [-0.05, 0) is 43.2 Å². The number of piperidine rings is 1. The number of hydrogen-bond acceptors (Lipinski definition) is 2. The summed E-state index contributed by atoms with van der Waals surface area (Å²) < 4.78 is 5.72. The molecule has 1 aromatic heterocycles.